The highest BCUT2D eigenvalue weighted by Gasteiger charge is 2.48. The Kier molecular flexibility index (Phi) is 4.65. The predicted octanol–water partition coefficient (Wildman–Crippen LogP) is 3.67. The van der Waals surface area contributed by atoms with E-state index in [4.69, 9.17) is 10.8 Å². The number of H-pyrrole nitrogens is 1. The third-order valence-corrected chi connectivity index (χ3v) is 6.98. The Balaban J connectivity index is 1.78. The third-order valence-electron chi connectivity index (χ3n) is 6.98. The molecule has 2 unspecified atom stereocenters. The smallest absolute Gasteiger partial charge is 0.290 e. The molecule has 1 aliphatic rings. The second-order valence-electron chi connectivity index (χ2n) is 9.30. The SMILES string of the molecule is CCC1(C)CC1Cn1nc2c(-c3cc(C)nc(C)c3)c(-c3ccccc3)[nH+]c(N)n2c1=O. The summed E-state index contributed by atoms with van der Waals surface area (Å²) in [5.74, 6) is 0.734. The van der Waals surface area contributed by atoms with Crippen molar-refractivity contribution in [3.63, 3.8) is 0 Å². The number of nitrogens with one attached hydrogen (secondary N) is 1. The molecule has 7 nitrogen and oxygen atoms in total. The summed E-state index contributed by atoms with van der Waals surface area (Å²) in [5, 5.41) is 4.82. The summed E-state index contributed by atoms with van der Waals surface area (Å²) in [4.78, 5) is 21.1. The first-order chi connectivity index (χ1) is 15.3. The monoisotopic (exact) mass is 429 g/mol. The van der Waals surface area contributed by atoms with Crippen LogP contribution in [0.4, 0.5) is 5.95 Å². The van der Waals surface area contributed by atoms with E-state index in [1.165, 1.54) is 4.40 Å². The fourth-order valence-electron chi connectivity index (χ4n) is 4.77. The number of fused-ring (bicyclic) bond motifs is 1. The van der Waals surface area contributed by atoms with Gasteiger partial charge in [0.2, 0.25) is 5.65 Å². The number of anilines is 1. The van der Waals surface area contributed by atoms with Crippen LogP contribution in [0, 0.1) is 25.2 Å². The maximum atomic E-state index is 13.3. The Labute approximate surface area is 187 Å². The summed E-state index contributed by atoms with van der Waals surface area (Å²) in [5.41, 5.74) is 12.5. The molecular formula is C25H29N6O+. The van der Waals surface area contributed by atoms with E-state index < -0.39 is 0 Å². The van der Waals surface area contributed by atoms with Crippen LogP contribution in [-0.2, 0) is 6.54 Å². The first-order valence-corrected chi connectivity index (χ1v) is 11.2. The fourth-order valence-corrected chi connectivity index (χ4v) is 4.77. The number of nitrogens with zero attached hydrogens (tertiary/aromatic N) is 4. The summed E-state index contributed by atoms with van der Waals surface area (Å²) in [6.07, 6.45) is 2.23. The standard InChI is InChI=1S/C25H28N6O/c1-5-25(4)13-19(25)14-30-24(32)31-22(29-30)20(18-11-15(2)27-16(3)12-18)21(28-23(31)26)17-9-7-6-8-10-17/h6-12,19H,5,13-14H2,1-4H3,(H2,26,28)/p+1. The number of nitrogens with two attached hydrogens (primary N) is 1. The van der Waals surface area contributed by atoms with E-state index in [0.717, 1.165) is 46.6 Å². The molecular weight excluding hydrogens is 400 g/mol. The van der Waals surface area contributed by atoms with Crippen molar-refractivity contribution in [2.45, 2.75) is 47.1 Å². The molecule has 3 heterocycles. The van der Waals surface area contributed by atoms with Crippen LogP contribution in [0.25, 0.3) is 28.0 Å². The van der Waals surface area contributed by atoms with Crippen molar-refractivity contribution in [2.75, 3.05) is 5.73 Å². The second kappa shape index (κ2) is 7.29. The van der Waals surface area contributed by atoms with Gasteiger partial charge in [0.05, 0.1) is 12.1 Å². The largest absolute Gasteiger partial charge is 0.411 e. The Morgan fingerprint density at radius 1 is 1.16 bits per heavy atom. The van der Waals surface area contributed by atoms with Gasteiger partial charge < -0.3 is 0 Å². The fraction of sp³-hybridized carbons (Fsp3) is 0.360. The second-order valence-corrected chi connectivity index (χ2v) is 9.30. The summed E-state index contributed by atoms with van der Waals surface area (Å²) in [6, 6.07) is 14.1. The van der Waals surface area contributed by atoms with Crippen molar-refractivity contribution in [1.29, 1.82) is 0 Å². The number of aryl methyl sites for hydroxylation is 2. The van der Waals surface area contributed by atoms with Gasteiger partial charge >= 0.3 is 11.6 Å². The number of aromatic nitrogens is 5. The molecule has 1 fully saturated rings. The van der Waals surface area contributed by atoms with Crippen LogP contribution in [-0.4, -0.2) is 19.2 Å². The third kappa shape index (κ3) is 3.28. The quantitative estimate of drug-likeness (QED) is 0.524. The maximum Gasteiger partial charge on any atom is 0.411 e. The Morgan fingerprint density at radius 3 is 2.47 bits per heavy atom. The Morgan fingerprint density at radius 2 is 1.84 bits per heavy atom. The Bertz CT molecular complexity index is 1370. The van der Waals surface area contributed by atoms with Gasteiger partial charge in [0.15, 0.2) is 0 Å². The van der Waals surface area contributed by atoms with Gasteiger partial charge in [0.25, 0.3) is 0 Å². The maximum absolute atomic E-state index is 13.3. The van der Waals surface area contributed by atoms with Crippen molar-refractivity contribution < 1.29 is 4.98 Å². The van der Waals surface area contributed by atoms with E-state index in [2.05, 4.69) is 23.8 Å². The lowest BCUT2D eigenvalue weighted by atomic mass is 9.99. The molecule has 1 aliphatic carbocycles. The minimum absolute atomic E-state index is 0.206. The minimum atomic E-state index is -0.206. The van der Waals surface area contributed by atoms with Crippen molar-refractivity contribution in [2.24, 2.45) is 11.3 Å². The van der Waals surface area contributed by atoms with E-state index in [9.17, 15) is 4.79 Å². The van der Waals surface area contributed by atoms with E-state index in [-0.39, 0.29) is 11.6 Å². The predicted molar refractivity (Wildman–Crippen MR) is 125 cm³/mol. The normalized spacial score (nSPS) is 20.1. The zero-order chi connectivity index (χ0) is 22.6. The van der Waals surface area contributed by atoms with Gasteiger partial charge in [-0.2, -0.15) is 4.68 Å². The van der Waals surface area contributed by atoms with Crippen LogP contribution in [0.3, 0.4) is 0 Å². The first-order valence-electron chi connectivity index (χ1n) is 11.2. The topological polar surface area (TPSA) is 92.3 Å². The molecule has 0 aliphatic heterocycles. The van der Waals surface area contributed by atoms with E-state index in [1.807, 2.05) is 56.3 Å². The number of hydrogen-bond acceptors (Lipinski definition) is 4. The highest BCUT2D eigenvalue weighted by Crippen LogP contribution is 2.55. The van der Waals surface area contributed by atoms with Gasteiger partial charge in [0.1, 0.15) is 5.69 Å². The van der Waals surface area contributed by atoms with Crippen LogP contribution < -0.4 is 16.4 Å². The summed E-state index contributed by atoms with van der Waals surface area (Å²) < 4.78 is 3.09. The van der Waals surface area contributed by atoms with Gasteiger partial charge in [0, 0.05) is 17.0 Å². The van der Waals surface area contributed by atoms with Crippen molar-refractivity contribution >= 4 is 11.6 Å². The van der Waals surface area contributed by atoms with Crippen LogP contribution >= 0.6 is 0 Å². The summed E-state index contributed by atoms with van der Waals surface area (Å²) >= 11 is 0. The molecule has 32 heavy (non-hydrogen) atoms. The number of benzene rings is 1. The number of nitrogen functional groups attached to an aromatic ring is 1. The van der Waals surface area contributed by atoms with Crippen LogP contribution in [0.1, 0.15) is 38.1 Å². The molecule has 7 heteroatoms. The lowest BCUT2D eigenvalue weighted by Crippen LogP contribution is -2.28. The van der Waals surface area contributed by atoms with Gasteiger partial charge in [-0.15, -0.1) is 9.50 Å². The molecule has 0 amide bonds. The summed E-state index contributed by atoms with van der Waals surface area (Å²) in [6.45, 7) is 9.04. The van der Waals surface area contributed by atoms with Gasteiger partial charge in [-0.25, -0.2) is 9.78 Å². The van der Waals surface area contributed by atoms with Gasteiger partial charge in [-0.3, -0.25) is 10.7 Å². The lowest BCUT2D eigenvalue weighted by Gasteiger charge is -2.10. The van der Waals surface area contributed by atoms with Crippen LogP contribution in [0.15, 0.2) is 47.3 Å². The van der Waals surface area contributed by atoms with E-state index in [0.29, 0.717) is 23.5 Å². The molecule has 5 rings (SSSR count). The molecule has 2 atom stereocenters. The molecule has 0 radical (unpaired) electrons. The Hall–Kier alpha value is -3.48. The van der Waals surface area contributed by atoms with Gasteiger partial charge in [-0.1, -0.05) is 50.6 Å². The van der Waals surface area contributed by atoms with E-state index in [1.54, 1.807) is 4.68 Å². The minimum Gasteiger partial charge on any atom is -0.290 e. The van der Waals surface area contributed by atoms with Gasteiger partial charge in [-0.05, 0) is 49.3 Å². The molecule has 0 bridgehead atoms. The molecule has 3 aromatic heterocycles. The number of rotatable bonds is 5. The lowest BCUT2D eigenvalue weighted by molar-refractivity contribution is -0.351. The number of hydrogen-bond donors (Lipinski definition) is 1. The molecule has 0 spiro atoms. The molecule has 164 valence electrons. The molecule has 4 aromatic rings. The molecule has 3 N–H and O–H groups in total. The van der Waals surface area contributed by atoms with Crippen molar-refractivity contribution in [3.05, 3.63) is 64.3 Å². The van der Waals surface area contributed by atoms with Crippen molar-refractivity contribution in [1.82, 2.24) is 19.2 Å². The zero-order valence-electron chi connectivity index (χ0n) is 19.0. The first kappa shape index (κ1) is 20.4. The highest BCUT2D eigenvalue weighted by molar-refractivity contribution is 5.88. The summed E-state index contributed by atoms with van der Waals surface area (Å²) in [7, 11) is 0. The number of pyridine rings is 1. The average Bonchev–Trinajstić information content (AvgIpc) is 3.29. The van der Waals surface area contributed by atoms with Crippen LogP contribution in [0.5, 0.6) is 0 Å². The molecule has 1 saturated carbocycles. The molecule has 0 saturated heterocycles. The van der Waals surface area contributed by atoms with E-state index >= 15 is 0 Å². The molecule has 1 aromatic carbocycles. The van der Waals surface area contributed by atoms with Crippen molar-refractivity contribution in [3.8, 4) is 22.4 Å². The van der Waals surface area contributed by atoms with Crippen LogP contribution in [0.2, 0.25) is 0 Å². The zero-order valence-corrected chi connectivity index (χ0v) is 19.0. The highest BCUT2D eigenvalue weighted by atomic mass is 16.2. The average molecular weight is 430 g/mol. The number of aromatic amines is 1.